The highest BCUT2D eigenvalue weighted by Gasteiger charge is 2.30. The van der Waals surface area contributed by atoms with Crippen molar-refractivity contribution in [3.8, 4) is 22.3 Å². The Labute approximate surface area is 168 Å². The van der Waals surface area contributed by atoms with Crippen LogP contribution >= 0.6 is 22.9 Å². The smallest absolute Gasteiger partial charge is 0.316 e. The van der Waals surface area contributed by atoms with Crippen LogP contribution in [-0.2, 0) is 0 Å². The summed E-state index contributed by atoms with van der Waals surface area (Å²) in [6, 6.07) is 7.50. The minimum Gasteiger partial charge on any atom is -0.467 e. The zero-order valence-corrected chi connectivity index (χ0v) is 16.4. The lowest BCUT2D eigenvalue weighted by molar-refractivity contribution is 0.380. The number of ether oxygens (including phenoxy) is 1. The van der Waals surface area contributed by atoms with Gasteiger partial charge in [-0.1, -0.05) is 11.6 Å². The van der Waals surface area contributed by atoms with E-state index in [4.69, 9.17) is 21.3 Å². The lowest BCUT2D eigenvalue weighted by atomic mass is 10.3. The summed E-state index contributed by atoms with van der Waals surface area (Å²) in [6.45, 7) is 0. The molecule has 0 atom stereocenters. The summed E-state index contributed by atoms with van der Waals surface area (Å²) in [5, 5.41) is 1.27. The average molecular weight is 412 g/mol. The number of benzene rings is 1. The fourth-order valence-corrected chi connectivity index (χ4v) is 4.04. The molecule has 140 valence electrons. The normalized spacial score (nSPS) is 13.8. The first-order chi connectivity index (χ1) is 13.6. The molecule has 0 unspecified atom stereocenters. The summed E-state index contributed by atoms with van der Waals surface area (Å²) in [4.78, 5) is 30.9. The standard InChI is InChI=1S/C19H14ClN5O2S/c1-27-19-21-8-11(9-22-19)17-24-15-14(28-17)18(26)25(16(23-15)10-2-3-10)13-6-4-12(20)5-7-13/h4-10H,2-3H2,1H3. The van der Waals surface area contributed by atoms with Gasteiger partial charge in [-0.25, -0.2) is 19.9 Å². The maximum atomic E-state index is 13.3. The van der Waals surface area contributed by atoms with Crippen molar-refractivity contribution in [3.63, 3.8) is 0 Å². The highest BCUT2D eigenvalue weighted by molar-refractivity contribution is 7.21. The van der Waals surface area contributed by atoms with Crippen molar-refractivity contribution in [1.29, 1.82) is 0 Å². The molecule has 0 aliphatic heterocycles. The molecule has 28 heavy (non-hydrogen) atoms. The first-order valence-electron chi connectivity index (χ1n) is 8.70. The van der Waals surface area contributed by atoms with Gasteiger partial charge in [0.05, 0.1) is 12.8 Å². The quantitative estimate of drug-likeness (QED) is 0.507. The molecule has 1 aliphatic carbocycles. The number of methoxy groups -OCH3 is 1. The maximum absolute atomic E-state index is 13.3. The molecule has 3 aromatic heterocycles. The van der Waals surface area contributed by atoms with Crippen LogP contribution in [0, 0.1) is 0 Å². The number of thiazole rings is 1. The van der Waals surface area contributed by atoms with E-state index in [2.05, 4.69) is 15.0 Å². The molecular formula is C19H14ClN5O2S. The number of halogens is 1. The molecule has 0 bridgehead atoms. The van der Waals surface area contributed by atoms with Crippen LogP contribution in [0.1, 0.15) is 24.6 Å². The summed E-state index contributed by atoms with van der Waals surface area (Å²) in [5.41, 5.74) is 1.82. The highest BCUT2D eigenvalue weighted by atomic mass is 35.5. The lowest BCUT2D eigenvalue weighted by Gasteiger charge is -2.11. The van der Waals surface area contributed by atoms with E-state index in [1.807, 2.05) is 12.1 Å². The first kappa shape index (κ1) is 17.3. The van der Waals surface area contributed by atoms with Crippen molar-refractivity contribution in [2.75, 3.05) is 7.11 Å². The Kier molecular flexibility index (Phi) is 4.10. The van der Waals surface area contributed by atoms with Crippen LogP contribution < -0.4 is 10.3 Å². The Morgan fingerprint density at radius 3 is 2.50 bits per heavy atom. The van der Waals surface area contributed by atoms with Gasteiger partial charge >= 0.3 is 6.01 Å². The van der Waals surface area contributed by atoms with Gasteiger partial charge in [-0.3, -0.25) is 9.36 Å². The van der Waals surface area contributed by atoms with Crippen molar-refractivity contribution in [2.45, 2.75) is 18.8 Å². The van der Waals surface area contributed by atoms with Gasteiger partial charge in [-0.15, -0.1) is 11.3 Å². The van der Waals surface area contributed by atoms with Crippen LogP contribution in [-0.4, -0.2) is 31.6 Å². The molecule has 0 N–H and O–H groups in total. The Balaban J connectivity index is 1.70. The molecule has 0 spiro atoms. The number of nitrogens with zero attached hydrogens (tertiary/aromatic N) is 5. The number of aromatic nitrogens is 5. The van der Waals surface area contributed by atoms with Gasteiger partial charge in [0.25, 0.3) is 5.56 Å². The van der Waals surface area contributed by atoms with E-state index in [0.717, 1.165) is 24.4 Å². The van der Waals surface area contributed by atoms with Crippen molar-refractivity contribution in [1.82, 2.24) is 24.5 Å². The van der Waals surface area contributed by atoms with Gasteiger partial charge in [-0.2, -0.15) is 0 Å². The van der Waals surface area contributed by atoms with E-state index >= 15 is 0 Å². The van der Waals surface area contributed by atoms with Gasteiger partial charge in [0.1, 0.15) is 15.5 Å². The molecule has 1 saturated carbocycles. The molecule has 0 radical (unpaired) electrons. The zero-order valence-electron chi connectivity index (χ0n) is 14.8. The van der Waals surface area contributed by atoms with Crippen molar-refractivity contribution in [2.24, 2.45) is 0 Å². The minimum absolute atomic E-state index is 0.118. The van der Waals surface area contributed by atoms with Gasteiger partial charge in [-0.05, 0) is 37.1 Å². The van der Waals surface area contributed by atoms with E-state index in [1.54, 1.807) is 29.1 Å². The van der Waals surface area contributed by atoms with Gasteiger partial charge in [0.2, 0.25) is 0 Å². The molecule has 9 heteroatoms. The Morgan fingerprint density at radius 1 is 1.14 bits per heavy atom. The van der Waals surface area contributed by atoms with E-state index in [1.165, 1.54) is 18.4 Å². The second-order valence-electron chi connectivity index (χ2n) is 6.49. The number of rotatable bonds is 4. The molecule has 7 nitrogen and oxygen atoms in total. The molecule has 1 aliphatic rings. The van der Waals surface area contributed by atoms with Crippen LogP contribution in [0.4, 0.5) is 0 Å². The first-order valence-corrected chi connectivity index (χ1v) is 9.89. The summed E-state index contributed by atoms with van der Waals surface area (Å²) >= 11 is 7.30. The van der Waals surface area contributed by atoms with E-state index in [0.29, 0.717) is 25.9 Å². The predicted molar refractivity (Wildman–Crippen MR) is 108 cm³/mol. The minimum atomic E-state index is -0.118. The number of hydrogen-bond donors (Lipinski definition) is 0. The molecular weight excluding hydrogens is 398 g/mol. The number of hydrogen-bond acceptors (Lipinski definition) is 7. The van der Waals surface area contributed by atoms with Gasteiger partial charge in [0, 0.05) is 28.9 Å². The Bertz CT molecular complexity index is 1230. The largest absolute Gasteiger partial charge is 0.467 e. The third-order valence-corrected chi connectivity index (χ3v) is 5.87. The van der Waals surface area contributed by atoms with Gasteiger partial charge < -0.3 is 4.74 Å². The third-order valence-electron chi connectivity index (χ3n) is 4.54. The predicted octanol–water partition coefficient (Wildman–Crippen LogP) is 3.84. The SMILES string of the molecule is COc1ncc(-c2nc3nc(C4CC4)n(-c4ccc(Cl)cc4)c(=O)c3s2)cn1. The summed E-state index contributed by atoms with van der Waals surface area (Å²) in [5.74, 6) is 1.03. The fraction of sp³-hybridized carbons (Fsp3) is 0.211. The van der Waals surface area contributed by atoms with Crippen molar-refractivity contribution < 1.29 is 4.74 Å². The third kappa shape index (κ3) is 2.94. The summed E-state index contributed by atoms with van der Waals surface area (Å²) in [7, 11) is 1.51. The molecule has 0 saturated heterocycles. The summed E-state index contributed by atoms with van der Waals surface area (Å²) < 4.78 is 7.18. The molecule has 3 heterocycles. The van der Waals surface area contributed by atoms with E-state index in [-0.39, 0.29) is 17.5 Å². The average Bonchev–Trinajstić information content (AvgIpc) is 3.48. The molecule has 5 rings (SSSR count). The van der Waals surface area contributed by atoms with Crippen LogP contribution in [0.3, 0.4) is 0 Å². The van der Waals surface area contributed by atoms with E-state index < -0.39 is 0 Å². The van der Waals surface area contributed by atoms with Crippen LogP contribution in [0.5, 0.6) is 6.01 Å². The Morgan fingerprint density at radius 2 is 1.86 bits per heavy atom. The second-order valence-corrected chi connectivity index (χ2v) is 7.93. The van der Waals surface area contributed by atoms with Crippen LogP contribution in [0.15, 0.2) is 41.5 Å². The maximum Gasteiger partial charge on any atom is 0.316 e. The topological polar surface area (TPSA) is 82.8 Å². The van der Waals surface area contributed by atoms with Gasteiger partial charge in [0.15, 0.2) is 5.65 Å². The Hall–Kier alpha value is -2.84. The molecule has 0 amide bonds. The van der Waals surface area contributed by atoms with Crippen molar-refractivity contribution in [3.05, 3.63) is 57.9 Å². The molecule has 1 fully saturated rings. The highest BCUT2D eigenvalue weighted by Crippen LogP contribution is 2.40. The fourth-order valence-electron chi connectivity index (χ4n) is 3.00. The van der Waals surface area contributed by atoms with Crippen LogP contribution in [0.25, 0.3) is 26.6 Å². The van der Waals surface area contributed by atoms with Crippen molar-refractivity contribution >= 4 is 33.3 Å². The second kappa shape index (κ2) is 6.65. The molecule has 4 aromatic rings. The summed E-state index contributed by atoms with van der Waals surface area (Å²) in [6.07, 6.45) is 5.30. The number of fused-ring (bicyclic) bond motifs is 1. The van der Waals surface area contributed by atoms with E-state index in [9.17, 15) is 4.79 Å². The monoisotopic (exact) mass is 411 g/mol. The zero-order chi connectivity index (χ0) is 19.3. The molecule has 1 aromatic carbocycles. The lowest BCUT2D eigenvalue weighted by Crippen LogP contribution is -2.22. The van der Waals surface area contributed by atoms with Crippen LogP contribution in [0.2, 0.25) is 5.02 Å².